The molecule has 1 rings (SSSR count). The van der Waals surface area contributed by atoms with Gasteiger partial charge in [-0.1, -0.05) is 45.8 Å². The molecule has 0 aromatic heterocycles. The van der Waals surface area contributed by atoms with Gasteiger partial charge in [-0.05, 0) is 38.5 Å². The predicted octanol–water partition coefficient (Wildman–Crippen LogP) is 3.51. The summed E-state index contributed by atoms with van der Waals surface area (Å²) >= 11 is 5.30. The van der Waals surface area contributed by atoms with Crippen LogP contribution in [0.3, 0.4) is 0 Å². The number of nitrogens with two attached hydrogens (primary N) is 1. The number of carbonyl (C=O) groups excluding carboxylic acids is 1. The van der Waals surface area contributed by atoms with E-state index in [1.54, 1.807) is 0 Å². The van der Waals surface area contributed by atoms with Crippen molar-refractivity contribution in [3.05, 3.63) is 0 Å². The maximum Gasteiger partial charge on any atom is 0.235 e. The Kier molecular flexibility index (Phi) is 6.44. The second-order valence-corrected chi connectivity index (χ2v) is 6.74. The van der Waals surface area contributed by atoms with Gasteiger partial charge in [-0.15, -0.1) is 0 Å². The molecule has 116 valence electrons. The van der Waals surface area contributed by atoms with E-state index in [1.807, 2.05) is 4.90 Å². The summed E-state index contributed by atoms with van der Waals surface area (Å²) in [4.78, 5) is 15.6. The number of rotatable bonds is 6. The van der Waals surface area contributed by atoms with Gasteiger partial charge in [0.2, 0.25) is 5.91 Å². The highest BCUT2D eigenvalue weighted by atomic mass is 32.1. The predicted molar refractivity (Wildman–Crippen MR) is 88.6 cm³/mol. The van der Waals surface area contributed by atoms with Crippen molar-refractivity contribution in [1.29, 1.82) is 0 Å². The first-order valence-corrected chi connectivity index (χ1v) is 8.42. The molecule has 2 atom stereocenters. The van der Waals surface area contributed by atoms with Crippen molar-refractivity contribution in [3.8, 4) is 0 Å². The number of thiocarbonyl (C=S) groups is 1. The zero-order valence-electron chi connectivity index (χ0n) is 13.4. The van der Waals surface area contributed by atoms with Gasteiger partial charge in [-0.2, -0.15) is 0 Å². The number of hydrogen-bond acceptors (Lipinski definition) is 2. The van der Waals surface area contributed by atoms with Crippen molar-refractivity contribution in [3.63, 3.8) is 0 Å². The van der Waals surface area contributed by atoms with Crippen LogP contribution in [0.25, 0.3) is 0 Å². The Labute approximate surface area is 129 Å². The van der Waals surface area contributed by atoms with Crippen molar-refractivity contribution < 1.29 is 4.79 Å². The zero-order chi connectivity index (χ0) is 15.3. The highest BCUT2D eigenvalue weighted by Gasteiger charge is 2.44. The Bertz CT molecular complexity index is 350. The van der Waals surface area contributed by atoms with E-state index in [9.17, 15) is 4.79 Å². The quantitative estimate of drug-likeness (QED) is 0.763. The maximum atomic E-state index is 13.2. The first kappa shape index (κ1) is 17.4. The third-order valence-electron chi connectivity index (χ3n) is 4.87. The second-order valence-electron chi connectivity index (χ2n) is 6.31. The van der Waals surface area contributed by atoms with Gasteiger partial charge in [0.1, 0.15) is 0 Å². The van der Waals surface area contributed by atoms with Gasteiger partial charge >= 0.3 is 0 Å². The lowest BCUT2D eigenvalue weighted by Crippen LogP contribution is -2.56. The topological polar surface area (TPSA) is 46.3 Å². The zero-order valence-corrected chi connectivity index (χ0v) is 14.3. The molecule has 1 aliphatic heterocycles. The monoisotopic (exact) mass is 298 g/mol. The van der Waals surface area contributed by atoms with Crippen LogP contribution < -0.4 is 5.73 Å². The van der Waals surface area contributed by atoms with E-state index in [0.717, 1.165) is 38.6 Å². The largest absolute Gasteiger partial charge is 0.392 e. The third-order valence-corrected chi connectivity index (χ3v) is 5.26. The maximum absolute atomic E-state index is 13.2. The second kappa shape index (κ2) is 7.39. The van der Waals surface area contributed by atoms with Gasteiger partial charge < -0.3 is 10.6 Å². The summed E-state index contributed by atoms with van der Waals surface area (Å²) in [6, 6.07) is 0.290. The van der Waals surface area contributed by atoms with Crippen LogP contribution in [0.1, 0.15) is 66.2 Å². The van der Waals surface area contributed by atoms with E-state index in [-0.39, 0.29) is 5.91 Å². The highest BCUT2D eigenvalue weighted by molar-refractivity contribution is 7.80. The lowest BCUT2D eigenvalue weighted by Gasteiger charge is -2.43. The summed E-state index contributed by atoms with van der Waals surface area (Å²) in [5.41, 5.74) is 5.39. The van der Waals surface area contributed by atoms with Crippen LogP contribution in [0.15, 0.2) is 0 Å². The van der Waals surface area contributed by atoms with Crippen LogP contribution in [-0.2, 0) is 4.79 Å². The molecule has 0 aromatic carbocycles. The standard InChI is InChI=1S/C16H30N2OS/c1-5-9-16(10-6-2,14(17)20)15(19)18-11-7-8-12(3)13(18)4/h12-13H,5-11H2,1-4H3,(H2,17,20). The molecule has 1 fully saturated rings. The molecule has 0 aliphatic carbocycles. The van der Waals surface area contributed by atoms with Crippen molar-refractivity contribution in [2.75, 3.05) is 6.54 Å². The number of nitrogens with zero attached hydrogens (tertiary/aromatic N) is 1. The fourth-order valence-electron chi connectivity index (χ4n) is 3.44. The molecule has 0 saturated carbocycles. The van der Waals surface area contributed by atoms with Gasteiger partial charge in [0, 0.05) is 12.6 Å². The molecule has 1 heterocycles. The van der Waals surface area contributed by atoms with Crippen molar-refractivity contribution in [1.82, 2.24) is 4.90 Å². The molecule has 1 saturated heterocycles. The van der Waals surface area contributed by atoms with Gasteiger partial charge in [-0.3, -0.25) is 4.79 Å². The molecule has 3 nitrogen and oxygen atoms in total. The van der Waals surface area contributed by atoms with Crippen molar-refractivity contribution in [2.45, 2.75) is 72.3 Å². The van der Waals surface area contributed by atoms with Crippen LogP contribution in [0.4, 0.5) is 0 Å². The van der Waals surface area contributed by atoms with Crippen LogP contribution in [-0.4, -0.2) is 28.4 Å². The van der Waals surface area contributed by atoms with E-state index < -0.39 is 5.41 Å². The number of carbonyl (C=O) groups is 1. The molecule has 1 amide bonds. The minimum Gasteiger partial charge on any atom is -0.392 e. The molecule has 20 heavy (non-hydrogen) atoms. The summed E-state index contributed by atoms with van der Waals surface area (Å²) in [7, 11) is 0. The molecule has 0 aromatic rings. The lowest BCUT2D eigenvalue weighted by atomic mass is 9.76. The first-order chi connectivity index (χ1) is 9.40. The number of amides is 1. The molecule has 4 heteroatoms. The molecular formula is C16H30N2OS. The number of likely N-dealkylation sites (tertiary alicyclic amines) is 1. The Morgan fingerprint density at radius 2 is 1.85 bits per heavy atom. The molecule has 2 unspecified atom stereocenters. The van der Waals surface area contributed by atoms with E-state index in [2.05, 4.69) is 27.7 Å². The minimum absolute atomic E-state index is 0.174. The van der Waals surface area contributed by atoms with E-state index in [0.29, 0.717) is 16.9 Å². The van der Waals surface area contributed by atoms with Gasteiger partial charge in [-0.25, -0.2) is 0 Å². The van der Waals surface area contributed by atoms with Crippen LogP contribution >= 0.6 is 12.2 Å². The first-order valence-electron chi connectivity index (χ1n) is 8.01. The molecule has 0 bridgehead atoms. The minimum atomic E-state index is -0.621. The van der Waals surface area contributed by atoms with Gasteiger partial charge in [0.05, 0.1) is 10.4 Å². The molecule has 2 N–H and O–H groups in total. The number of hydrogen-bond donors (Lipinski definition) is 1. The molecule has 1 aliphatic rings. The van der Waals surface area contributed by atoms with Crippen molar-refractivity contribution in [2.24, 2.45) is 17.1 Å². The fraction of sp³-hybridized carbons (Fsp3) is 0.875. The Morgan fingerprint density at radius 1 is 1.30 bits per heavy atom. The Hall–Kier alpha value is -0.640. The summed E-state index contributed by atoms with van der Waals surface area (Å²) in [5.74, 6) is 0.729. The number of piperidine rings is 1. The highest BCUT2D eigenvalue weighted by Crippen LogP contribution is 2.36. The van der Waals surface area contributed by atoms with E-state index in [1.165, 1.54) is 6.42 Å². The van der Waals surface area contributed by atoms with Crippen LogP contribution in [0.5, 0.6) is 0 Å². The molecule has 0 radical (unpaired) electrons. The Morgan fingerprint density at radius 3 is 2.30 bits per heavy atom. The summed E-state index contributed by atoms with van der Waals surface area (Å²) in [6.07, 6.45) is 5.69. The average molecular weight is 298 g/mol. The Balaban J connectivity index is 3.05. The fourth-order valence-corrected chi connectivity index (χ4v) is 3.73. The smallest absolute Gasteiger partial charge is 0.235 e. The van der Waals surface area contributed by atoms with Gasteiger partial charge in [0.15, 0.2) is 0 Å². The summed E-state index contributed by atoms with van der Waals surface area (Å²) in [5, 5.41) is 0. The van der Waals surface area contributed by atoms with Crippen molar-refractivity contribution >= 4 is 23.1 Å². The molecular weight excluding hydrogens is 268 g/mol. The van der Waals surface area contributed by atoms with Crippen LogP contribution in [0, 0.1) is 11.3 Å². The average Bonchev–Trinajstić information content (AvgIpc) is 2.40. The lowest BCUT2D eigenvalue weighted by molar-refractivity contribution is -0.143. The van der Waals surface area contributed by atoms with Crippen LogP contribution in [0.2, 0.25) is 0 Å². The molecule has 0 spiro atoms. The SMILES string of the molecule is CCCC(CCC)(C(=O)N1CCCC(C)C1C)C(N)=S. The normalized spacial score (nSPS) is 23.7. The van der Waals surface area contributed by atoms with Gasteiger partial charge in [0.25, 0.3) is 0 Å². The summed E-state index contributed by atoms with van der Waals surface area (Å²) < 4.78 is 0. The summed E-state index contributed by atoms with van der Waals surface area (Å²) in [6.45, 7) is 9.43. The van der Waals surface area contributed by atoms with E-state index >= 15 is 0 Å². The van der Waals surface area contributed by atoms with E-state index in [4.69, 9.17) is 18.0 Å². The third kappa shape index (κ3) is 3.33.